The normalized spacial score (nSPS) is 17.2. The van der Waals surface area contributed by atoms with Crippen molar-refractivity contribution in [3.63, 3.8) is 0 Å². The predicted molar refractivity (Wildman–Crippen MR) is 127 cm³/mol. The Labute approximate surface area is 196 Å². The third-order valence-electron chi connectivity index (χ3n) is 6.19. The van der Waals surface area contributed by atoms with Crippen molar-refractivity contribution >= 4 is 39.4 Å². The first-order chi connectivity index (χ1) is 16.0. The van der Waals surface area contributed by atoms with Crippen molar-refractivity contribution in [2.24, 2.45) is 0 Å². The van der Waals surface area contributed by atoms with Crippen LogP contribution in [0.5, 0.6) is 0 Å². The average Bonchev–Trinajstić information content (AvgIpc) is 3.20. The van der Waals surface area contributed by atoms with Crippen LogP contribution in [0, 0.1) is 6.92 Å². The molecule has 3 amide bonds. The lowest BCUT2D eigenvalue weighted by Gasteiger charge is -2.39. The second-order valence-electron chi connectivity index (χ2n) is 8.85. The summed E-state index contributed by atoms with van der Waals surface area (Å²) in [5.41, 5.74) is 3.23. The van der Waals surface area contributed by atoms with Crippen LogP contribution in [-0.4, -0.2) is 57.0 Å². The Bertz CT molecular complexity index is 1190. The lowest BCUT2D eigenvalue weighted by atomic mass is 9.93. The number of rotatable bonds is 6. The second kappa shape index (κ2) is 8.93. The van der Waals surface area contributed by atoms with Crippen LogP contribution in [0.4, 0.5) is 10.7 Å². The number of aryl methyl sites for hydroxylation is 1. The first-order valence-corrected chi connectivity index (χ1v) is 12.1. The Morgan fingerprint density at radius 2 is 1.94 bits per heavy atom. The smallest absolute Gasteiger partial charge is 0.315 e. The molecular formula is C23H27N7O2S. The molecule has 5 rings (SSSR count). The summed E-state index contributed by atoms with van der Waals surface area (Å²) in [5.74, 6) is 0.267. The molecule has 0 spiro atoms. The lowest BCUT2D eigenvalue weighted by molar-refractivity contribution is 0.0572. The number of hydrogen-bond donors (Lipinski definition) is 3. The van der Waals surface area contributed by atoms with Gasteiger partial charge in [-0.15, -0.1) is 11.3 Å². The van der Waals surface area contributed by atoms with Gasteiger partial charge in [-0.2, -0.15) is 0 Å². The second-order valence-corrected chi connectivity index (χ2v) is 9.76. The maximum absolute atomic E-state index is 13.2. The van der Waals surface area contributed by atoms with Gasteiger partial charge in [0.05, 0.1) is 22.3 Å². The van der Waals surface area contributed by atoms with Crippen LogP contribution in [0.15, 0.2) is 29.9 Å². The zero-order chi connectivity index (χ0) is 22.9. The predicted octanol–water partition coefficient (Wildman–Crippen LogP) is 3.24. The number of urea groups is 1. The van der Waals surface area contributed by atoms with E-state index < -0.39 is 0 Å². The van der Waals surface area contributed by atoms with E-state index in [-0.39, 0.29) is 24.0 Å². The van der Waals surface area contributed by atoms with Gasteiger partial charge in [0, 0.05) is 31.5 Å². The standard InChI is InChI=1S/C23H27N7O2S/c1-13-8-15(10-24-9-13)14(2)25-22-28-18-6-7-33-20(18)19(29-22)21(31)30-11-17(12-30)27-23(32)26-16-4-3-5-16/h6-10,14,16-17H,3-5,11-12H2,1-2H3,(H,25,28,29)(H2,26,27,32). The fraction of sp³-hybridized carbons (Fsp3) is 0.435. The van der Waals surface area contributed by atoms with Crippen LogP contribution >= 0.6 is 11.3 Å². The Morgan fingerprint density at radius 1 is 1.15 bits per heavy atom. The van der Waals surface area contributed by atoms with Crippen LogP contribution in [0.2, 0.25) is 0 Å². The third-order valence-corrected chi connectivity index (χ3v) is 7.10. The Balaban J connectivity index is 1.26. The number of carbonyl (C=O) groups is 2. The molecule has 1 saturated heterocycles. The van der Waals surface area contributed by atoms with Crippen molar-refractivity contribution in [1.82, 2.24) is 30.5 Å². The quantitative estimate of drug-likeness (QED) is 0.515. The highest BCUT2D eigenvalue weighted by molar-refractivity contribution is 7.17. The SMILES string of the molecule is Cc1cncc(C(C)Nc2nc(C(=O)N3CC(NC(=O)NC4CCC4)C3)c3sccc3n2)c1. The number of carbonyl (C=O) groups excluding carboxylic acids is 2. The highest BCUT2D eigenvalue weighted by atomic mass is 32.1. The summed E-state index contributed by atoms with van der Waals surface area (Å²) in [6.45, 7) is 4.96. The molecule has 1 unspecified atom stereocenters. The maximum Gasteiger partial charge on any atom is 0.315 e. The number of likely N-dealkylation sites (tertiary alicyclic amines) is 1. The monoisotopic (exact) mass is 465 g/mol. The molecule has 1 saturated carbocycles. The van der Waals surface area contributed by atoms with Gasteiger partial charge in [0.2, 0.25) is 5.95 Å². The molecular weight excluding hydrogens is 438 g/mol. The number of aromatic nitrogens is 3. The zero-order valence-corrected chi connectivity index (χ0v) is 19.5. The van der Waals surface area contributed by atoms with E-state index in [2.05, 4.69) is 37.0 Å². The molecule has 0 bridgehead atoms. The highest BCUT2D eigenvalue weighted by Crippen LogP contribution is 2.27. The summed E-state index contributed by atoms with van der Waals surface area (Å²) in [5, 5.41) is 11.1. The van der Waals surface area contributed by atoms with Gasteiger partial charge in [-0.25, -0.2) is 14.8 Å². The maximum atomic E-state index is 13.2. The molecule has 9 nitrogen and oxygen atoms in total. The van der Waals surface area contributed by atoms with E-state index in [4.69, 9.17) is 0 Å². The van der Waals surface area contributed by atoms with Gasteiger partial charge in [-0.3, -0.25) is 9.78 Å². The van der Waals surface area contributed by atoms with E-state index in [9.17, 15) is 9.59 Å². The van der Waals surface area contributed by atoms with Crippen molar-refractivity contribution < 1.29 is 9.59 Å². The van der Waals surface area contributed by atoms with E-state index in [1.54, 1.807) is 4.90 Å². The van der Waals surface area contributed by atoms with E-state index in [0.29, 0.717) is 30.8 Å². The van der Waals surface area contributed by atoms with Crippen molar-refractivity contribution in [2.45, 2.75) is 51.2 Å². The van der Waals surface area contributed by atoms with Crippen LogP contribution in [0.1, 0.15) is 53.8 Å². The first kappa shape index (κ1) is 21.6. The molecule has 3 N–H and O–H groups in total. The lowest BCUT2D eigenvalue weighted by Crippen LogP contribution is -2.63. The van der Waals surface area contributed by atoms with Crippen LogP contribution < -0.4 is 16.0 Å². The molecule has 1 atom stereocenters. The van der Waals surface area contributed by atoms with Crippen LogP contribution in [-0.2, 0) is 0 Å². The number of nitrogens with zero attached hydrogens (tertiary/aromatic N) is 4. The Hall–Kier alpha value is -3.27. The number of nitrogens with one attached hydrogen (secondary N) is 3. The number of fused-ring (bicyclic) bond motifs is 1. The molecule has 2 aliphatic rings. The van der Waals surface area contributed by atoms with E-state index in [1.165, 1.54) is 17.8 Å². The minimum atomic E-state index is -0.148. The zero-order valence-electron chi connectivity index (χ0n) is 18.7. The molecule has 33 heavy (non-hydrogen) atoms. The van der Waals surface area contributed by atoms with Crippen molar-refractivity contribution in [3.8, 4) is 0 Å². The third kappa shape index (κ3) is 4.61. The molecule has 0 radical (unpaired) electrons. The van der Waals surface area contributed by atoms with Gasteiger partial charge in [0.15, 0.2) is 5.69 Å². The summed E-state index contributed by atoms with van der Waals surface area (Å²) in [6, 6.07) is 4.00. The van der Waals surface area contributed by atoms with Crippen molar-refractivity contribution in [2.75, 3.05) is 18.4 Å². The molecule has 2 fully saturated rings. The van der Waals surface area contributed by atoms with Gasteiger partial charge >= 0.3 is 6.03 Å². The Morgan fingerprint density at radius 3 is 2.67 bits per heavy atom. The molecule has 4 heterocycles. The van der Waals surface area contributed by atoms with E-state index >= 15 is 0 Å². The minimum absolute atomic E-state index is 0.0406. The number of pyridine rings is 1. The Kier molecular flexibility index (Phi) is 5.84. The fourth-order valence-electron chi connectivity index (χ4n) is 4.02. The van der Waals surface area contributed by atoms with E-state index in [1.807, 2.05) is 37.7 Å². The molecule has 3 aromatic heterocycles. The van der Waals surface area contributed by atoms with Crippen LogP contribution in [0.25, 0.3) is 10.2 Å². The largest absolute Gasteiger partial charge is 0.348 e. The fourth-order valence-corrected chi connectivity index (χ4v) is 4.83. The molecule has 0 aromatic carbocycles. The summed E-state index contributed by atoms with van der Waals surface area (Å²) in [7, 11) is 0. The molecule has 10 heteroatoms. The van der Waals surface area contributed by atoms with E-state index in [0.717, 1.165) is 34.2 Å². The first-order valence-electron chi connectivity index (χ1n) is 11.3. The molecule has 1 aliphatic heterocycles. The number of anilines is 1. The number of thiophene rings is 1. The van der Waals surface area contributed by atoms with Crippen molar-refractivity contribution in [1.29, 1.82) is 0 Å². The van der Waals surface area contributed by atoms with Gasteiger partial charge in [0.1, 0.15) is 0 Å². The molecule has 172 valence electrons. The summed E-state index contributed by atoms with van der Waals surface area (Å²) >= 11 is 1.46. The van der Waals surface area contributed by atoms with Crippen LogP contribution in [0.3, 0.4) is 0 Å². The molecule has 3 aromatic rings. The van der Waals surface area contributed by atoms with Gasteiger partial charge in [-0.05, 0) is 55.7 Å². The number of amides is 3. The van der Waals surface area contributed by atoms with Crippen molar-refractivity contribution in [3.05, 3.63) is 46.7 Å². The van der Waals surface area contributed by atoms with Gasteiger partial charge < -0.3 is 20.9 Å². The number of hydrogen-bond acceptors (Lipinski definition) is 7. The average molecular weight is 466 g/mol. The highest BCUT2D eigenvalue weighted by Gasteiger charge is 2.34. The summed E-state index contributed by atoms with van der Waals surface area (Å²) in [4.78, 5) is 40.4. The topological polar surface area (TPSA) is 112 Å². The summed E-state index contributed by atoms with van der Waals surface area (Å²) in [6.07, 6.45) is 6.89. The molecule has 1 aliphatic carbocycles. The minimum Gasteiger partial charge on any atom is -0.348 e. The van der Waals surface area contributed by atoms with Gasteiger partial charge in [0.25, 0.3) is 5.91 Å². The van der Waals surface area contributed by atoms with Gasteiger partial charge in [-0.1, -0.05) is 6.07 Å². The summed E-state index contributed by atoms with van der Waals surface area (Å²) < 4.78 is 0.773.